The molecule has 2 N–H and O–H groups in total. The average molecular weight is 362 g/mol. The first kappa shape index (κ1) is 19.6. The summed E-state index contributed by atoms with van der Waals surface area (Å²) in [5.41, 5.74) is 0.560. The minimum atomic E-state index is -1.17. The van der Waals surface area contributed by atoms with Crippen LogP contribution in [0, 0.1) is 0 Å². The second kappa shape index (κ2) is 8.57. The Hall–Kier alpha value is -2.74. The number of hydrogen-bond acceptors (Lipinski definition) is 5. The molecule has 8 heteroatoms. The number of rotatable bonds is 9. The number of carboxylic acids is 1. The summed E-state index contributed by atoms with van der Waals surface area (Å²) in [5, 5.41) is 11.6. The zero-order valence-corrected chi connectivity index (χ0v) is 14.8. The molecule has 0 aliphatic carbocycles. The van der Waals surface area contributed by atoms with Crippen molar-refractivity contribution in [1.82, 2.24) is 10.2 Å². The zero-order chi connectivity index (χ0) is 19.3. The van der Waals surface area contributed by atoms with E-state index in [1.165, 1.54) is 30.2 Å². The van der Waals surface area contributed by atoms with E-state index in [1.54, 1.807) is 0 Å². The quantitative estimate of drug-likeness (QED) is 0.640. The van der Waals surface area contributed by atoms with Gasteiger partial charge in [-0.15, -0.1) is 0 Å². The molecule has 0 fully saturated rings. The van der Waals surface area contributed by atoms with Crippen LogP contribution in [-0.2, 0) is 9.53 Å². The molecule has 3 amide bonds. The summed E-state index contributed by atoms with van der Waals surface area (Å²) < 4.78 is 4.84. The fourth-order valence-electron chi connectivity index (χ4n) is 2.69. The summed E-state index contributed by atoms with van der Waals surface area (Å²) in [6.45, 7) is 2.48. The van der Waals surface area contributed by atoms with E-state index in [4.69, 9.17) is 9.84 Å². The number of ether oxygens (including phenoxy) is 1. The first-order valence-corrected chi connectivity index (χ1v) is 8.43. The molecule has 0 spiro atoms. The molecule has 1 atom stereocenters. The van der Waals surface area contributed by atoms with E-state index < -0.39 is 23.8 Å². The van der Waals surface area contributed by atoms with Crippen LogP contribution in [0.25, 0.3) is 0 Å². The lowest BCUT2D eigenvalue weighted by Gasteiger charge is -2.14. The van der Waals surface area contributed by atoms with Crippen LogP contribution in [0.1, 0.15) is 57.3 Å². The number of benzene rings is 1. The Morgan fingerprint density at radius 3 is 2.54 bits per heavy atom. The van der Waals surface area contributed by atoms with Crippen molar-refractivity contribution in [3.05, 3.63) is 34.9 Å². The van der Waals surface area contributed by atoms with Gasteiger partial charge in [0.2, 0.25) is 0 Å². The fourth-order valence-corrected chi connectivity index (χ4v) is 2.69. The smallest absolute Gasteiger partial charge is 0.326 e. The minimum absolute atomic E-state index is 0.116. The van der Waals surface area contributed by atoms with Crippen molar-refractivity contribution in [3.8, 4) is 0 Å². The van der Waals surface area contributed by atoms with Crippen LogP contribution in [0.3, 0.4) is 0 Å². The third kappa shape index (κ3) is 4.08. The molecule has 26 heavy (non-hydrogen) atoms. The molecule has 0 bridgehead atoms. The van der Waals surface area contributed by atoms with Crippen LogP contribution in [0.15, 0.2) is 18.2 Å². The van der Waals surface area contributed by atoms with E-state index in [-0.39, 0.29) is 35.6 Å². The third-order valence-electron chi connectivity index (χ3n) is 4.18. The number of nitrogens with one attached hydrogen (secondary N) is 1. The zero-order valence-electron chi connectivity index (χ0n) is 14.8. The molecule has 0 saturated heterocycles. The van der Waals surface area contributed by atoms with Crippen molar-refractivity contribution >= 4 is 23.7 Å². The molecule has 1 aromatic rings. The first-order valence-electron chi connectivity index (χ1n) is 8.43. The van der Waals surface area contributed by atoms with Crippen molar-refractivity contribution in [2.45, 2.75) is 32.2 Å². The highest BCUT2D eigenvalue weighted by atomic mass is 16.5. The Kier molecular flexibility index (Phi) is 6.46. The Morgan fingerprint density at radius 1 is 1.23 bits per heavy atom. The highest BCUT2D eigenvalue weighted by Gasteiger charge is 2.35. The standard InChI is InChI=1S/C18H22N2O6/c1-3-4-8-20-16(22)12-6-5-11(10-13(12)17(20)23)15(21)19-14(18(24)25)7-9-26-2/h5-6,10,14H,3-4,7-9H2,1-2H3,(H,19,21)(H,24,25). The van der Waals surface area contributed by atoms with Crippen molar-refractivity contribution in [1.29, 1.82) is 0 Å². The lowest BCUT2D eigenvalue weighted by atomic mass is 10.0. The normalized spacial score (nSPS) is 14.3. The largest absolute Gasteiger partial charge is 0.480 e. The van der Waals surface area contributed by atoms with E-state index in [9.17, 15) is 19.2 Å². The van der Waals surface area contributed by atoms with E-state index in [2.05, 4.69) is 5.32 Å². The molecule has 0 saturated carbocycles. The molecule has 140 valence electrons. The van der Waals surface area contributed by atoms with E-state index in [0.29, 0.717) is 13.0 Å². The summed E-state index contributed by atoms with van der Waals surface area (Å²) in [5.74, 6) is -2.59. The number of carbonyl (C=O) groups excluding carboxylic acids is 3. The topological polar surface area (TPSA) is 113 Å². The van der Waals surface area contributed by atoms with Gasteiger partial charge >= 0.3 is 5.97 Å². The number of carboxylic acid groups (broad SMARTS) is 1. The number of unbranched alkanes of at least 4 members (excludes halogenated alkanes) is 1. The molecular weight excluding hydrogens is 340 g/mol. The maximum absolute atomic E-state index is 12.4. The highest BCUT2D eigenvalue weighted by molar-refractivity contribution is 6.22. The molecule has 0 radical (unpaired) electrons. The average Bonchev–Trinajstić information content (AvgIpc) is 2.86. The van der Waals surface area contributed by atoms with Crippen molar-refractivity contribution < 1.29 is 29.0 Å². The van der Waals surface area contributed by atoms with Crippen molar-refractivity contribution in [3.63, 3.8) is 0 Å². The molecule has 1 unspecified atom stereocenters. The maximum atomic E-state index is 12.4. The molecule has 1 aliphatic rings. The van der Waals surface area contributed by atoms with Crippen LogP contribution < -0.4 is 5.32 Å². The number of carbonyl (C=O) groups is 4. The predicted molar refractivity (Wildman–Crippen MR) is 92.1 cm³/mol. The summed E-state index contributed by atoms with van der Waals surface area (Å²) >= 11 is 0. The fraction of sp³-hybridized carbons (Fsp3) is 0.444. The van der Waals surface area contributed by atoms with Gasteiger partial charge < -0.3 is 15.2 Å². The number of methoxy groups -OCH3 is 1. The second-order valence-corrected chi connectivity index (χ2v) is 6.02. The minimum Gasteiger partial charge on any atom is -0.480 e. The van der Waals surface area contributed by atoms with Gasteiger partial charge in [0.15, 0.2) is 0 Å². The number of amides is 3. The predicted octanol–water partition coefficient (Wildman–Crippen LogP) is 1.30. The molecule has 2 rings (SSSR count). The lowest BCUT2D eigenvalue weighted by molar-refractivity contribution is -0.139. The number of imide groups is 1. The maximum Gasteiger partial charge on any atom is 0.326 e. The molecule has 1 aromatic carbocycles. The SMILES string of the molecule is CCCCN1C(=O)c2ccc(C(=O)NC(CCOC)C(=O)O)cc2C1=O. The van der Waals surface area contributed by atoms with Gasteiger partial charge in [-0.25, -0.2) is 4.79 Å². The van der Waals surface area contributed by atoms with Gasteiger partial charge in [-0.2, -0.15) is 0 Å². The summed E-state index contributed by atoms with van der Waals surface area (Å²) in [6.07, 6.45) is 1.67. The first-order chi connectivity index (χ1) is 12.4. The monoisotopic (exact) mass is 362 g/mol. The van der Waals surface area contributed by atoms with E-state index in [1.807, 2.05) is 6.92 Å². The second-order valence-electron chi connectivity index (χ2n) is 6.02. The van der Waals surface area contributed by atoms with Gasteiger partial charge in [-0.1, -0.05) is 13.3 Å². The van der Waals surface area contributed by atoms with Gasteiger partial charge in [-0.3, -0.25) is 19.3 Å². The lowest BCUT2D eigenvalue weighted by Crippen LogP contribution is -2.41. The molecular formula is C18H22N2O6. The molecule has 0 aromatic heterocycles. The van der Waals surface area contributed by atoms with Gasteiger partial charge in [0, 0.05) is 32.2 Å². The van der Waals surface area contributed by atoms with Gasteiger partial charge in [-0.05, 0) is 24.6 Å². The van der Waals surface area contributed by atoms with Crippen molar-refractivity contribution in [2.24, 2.45) is 0 Å². The number of hydrogen-bond donors (Lipinski definition) is 2. The Morgan fingerprint density at radius 2 is 1.92 bits per heavy atom. The summed E-state index contributed by atoms with van der Waals surface area (Å²) in [6, 6.07) is 3.08. The van der Waals surface area contributed by atoms with Gasteiger partial charge in [0.1, 0.15) is 6.04 Å². The van der Waals surface area contributed by atoms with Crippen LogP contribution in [0.4, 0.5) is 0 Å². The number of nitrogens with zero attached hydrogens (tertiary/aromatic N) is 1. The Balaban J connectivity index is 2.17. The Bertz CT molecular complexity index is 730. The van der Waals surface area contributed by atoms with Crippen LogP contribution >= 0.6 is 0 Å². The summed E-state index contributed by atoms with van der Waals surface area (Å²) in [4.78, 5) is 49.5. The third-order valence-corrected chi connectivity index (χ3v) is 4.18. The number of aliphatic carboxylic acids is 1. The van der Waals surface area contributed by atoms with Crippen molar-refractivity contribution in [2.75, 3.05) is 20.3 Å². The van der Waals surface area contributed by atoms with Crippen LogP contribution in [-0.4, -0.2) is 60.0 Å². The Labute approximate surface area is 151 Å². The summed E-state index contributed by atoms with van der Waals surface area (Å²) in [7, 11) is 1.44. The molecule has 8 nitrogen and oxygen atoms in total. The van der Waals surface area contributed by atoms with E-state index in [0.717, 1.165) is 6.42 Å². The van der Waals surface area contributed by atoms with Crippen LogP contribution in [0.2, 0.25) is 0 Å². The molecule has 1 heterocycles. The molecule has 1 aliphatic heterocycles. The highest BCUT2D eigenvalue weighted by Crippen LogP contribution is 2.24. The van der Waals surface area contributed by atoms with Crippen LogP contribution in [0.5, 0.6) is 0 Å². The van der Waals surface area contributed by atoms with Gasteiger partial charge in [0.25, 0.3) is 17.7 Å². The van der Waals surface area contributed by atoms with E-state index >= 15 is 0 Å². The van der Waals surface area contributed by atoms with Gasteiger partial charge in [0.05, 0.1) is 11.1 Å². The number of fused-ring (bicyclic) bond motifs is 1.